The van der Waals surface area contributed by atoms with Gasteiger partial charge in [-0.05, 0) is 36.1 Å². The maximum absolute atomic E-state index is 13.3. The summed E-state index contributed by atoms with van der Waals surface area (Å²) in [6.07, 6.45) is 1.83. The van der Waals surface area contributed by atoms with E-state index in [-0.39, 0.29) is 29.6 Å². The topological polar surface area (TPSA) is 64.4 Å². The Morgan fingerprint density at radius 3 is 2.42 bits per heavy atom. The molecule has 0 radical (unpaired) electrons. The van der Waals surface area contributed by atoms with Gasteiger partial charge in [-0.25, -0.2) is 4.39 Å². The van der Waals surface area contributed by atoms with Crippen molar-refractivity contribution >= 4 is 5.91 Å². The van der Waals surface area contributed by atoms with Gasteiger partial charge in [-0.2, -0.15) is 0 Å². The van der Waals surface area contributed by atoms with Crippen LogP contribution in [0, 0.1) is 5.82 Å². The van der Waals surface area contributed by atoms with E-state index >= 15 is 0 Å². The second-order valence-corrected chi connectivity index (χ2v) is 6.90. The molecule has 0 bridgehead atoms. The zero-order chi connectivity index (χ0) is 18.4. The van der Waals surface area contributed by atoms with E-state index in [0.717, 1.165) is 24.0 Å². The highest BCUT2D eigenvalue weighted by Crippen LogP contribution is 2.34. The Labute approximate surface area is 153 Å². The van der Waals surface area contributed by atoms with Gasteiger partial charge in [-0.3, -0.25) is 4.79 Å². The number of nitrogens with two attached hydrogens (primary N) is 1. The molecule has 138 valence electrons. The number of nitrogens with one attached hydrogen (secondary N) is 1. The number of halogens is 1. The second-order valence-electron chi connectivity index (χ2n) is 6.90. The van der Waals surface area contributed by atoms with E-state index in [0.29, 0.717) is 19.8 Å². The number of carbonyl (C=O) groups is 1. The molecule has 3 N–H and O–H groups in total. The molecule has 0 aliphatic carbocycles. The van der Waals surface area contributed by atoms with E-state index < -0.39 is 0 Å². The lowest BCUT2D eigenvalue weighted by Gasteiger charge is -2.38. The van der Waals surface area contributed by atoms with Crippen molar-refractivity contribution < 1.29 is 13.9 Å². The van der Waals surface area contributed by atoms with E-state index in [1.807, 2.05) is 42.5 Å². The van der Waals surface area contributed by atoms with Crippen LogP contribution < -0.4 is 11.1 Å². The number of hydrogen-bond donors (Lipinski definition) is 2. The van der Waals surface area contributed by atoms with Gasteiger partial charge in [0.1, 0.15) is 5.82 Å². The summed E-state index contributed by atoms with van der Waals surface area (Å²) in [5.41, 5.74) is 7.90. The van der Waals surface area contributed by atoms with Crippen LogP contribution in [0.15, 0.2) is 54.6 Å². The van der Waals surface area contributed by atoms with Gasteiger partial charge in [0.25, 0.3) is 0 Å². The maximum Gasteiger partial charge on any atom is 0.221 e. The highest BCUT2D eigenvalue weighted by atomic mass is 19.1. The lowest BCUT2D eigenvalue weighted by molar-refractivity contribution is -0.122. The van der Waals surface area contributed by atoms with E-state index in [1.165, 1.54) is 12.1 Å². The summed E-state index contributed by atoms with van der Waals surface area (Å²) in [6.45, 7) is 1.77. The highest BCUT2D eigenvalue weighted by molar-refractivity contribution is 5.77. The number of benzene rings is 2. The number of carbonyl (C=O) groups excluding carboxylic acids is 1. The fourth-order valence-electron chi connectivity index (χ4n) is 3.49. The summed E-state index contributed by atoms with van der Waals surface area (Å²) in [7, 11) is 0. The molecule has 3 rings (SSSR count). The van der Waals surface area contributed by atoms with Crippen LogP contribution in [-0.2, 0) is 14.9 Å². The molecule has 5 heteroatoms. The van der Waals surface area contributed by atoms with Crippen molar-refractivity contribution in [3.63, 3.8) is 0 Å². The Balaban J connectivity index is 1.64. The van der Waals surface area contributed by atoms with Gasteiger partial charge in [0.05, 0.1) is 0 Å². The fourth-order valence-corrected chi connectivity index (χ4v) is 3.49. The van der Waals surface area contributed by atoms with Crippen LogP contribution in [-0.4, -0.2) is 25.7 Å². The van der Waals surface area contributed by atoms with Crippen molar-refractivity contribution in [1.29, 1.82) is 0 Å². The predicted octanol–water partition coefficient (Wildman–Crippen LogP) is 3.08. The Morgan fingerprint density at radius 1 is 1.12 bits per heavy atom. The van der Waals surface area contributed by atoms with Crippen LogP contribution in [0.5, 0.6) is 0 Å². The number of hydrogen-bond acceptors (Lipinski definition) is 3. The van der Waals surface area contributed by atoms with Crippen molar-refractivity contribution in [2.45, 2.75) is 30.7 Å². The molecule has 2 aromatic carbocycles. The Kier molecular flexibility index (Phi) is 6.01. The maximum atomic E-state index is 13.3. The molecule has 1 amide bonds. The van der Waals surface area contributed by atoms with Crippen molar-refractivity contribution in [3.8, 4) is 0 Å². The first kappa shape index (κ1) is 18.5. The van der Waals surface area contributed by atoms with E-state index in [4.69, 9.17) is 10.5 Å². The van der Waals surface area contributed by atoms with Crippen LogP contribution >= 0.6 is 0 Å². The third-order valence-electron chi connectivity index (χ3n) is 5.16. The zero-order valence-electron chi connectivity index (χ0n) is 14.8. The number of rotatable bonds is 6. The molecule has 1 unspecified atom stereocenters. The quantitative estimate of drug-likeness (QED) is 0.836. The van der Waals surface area contributed by atoms with Gasteiger partial charge < -0.3 is 15.8 Å². The lowest BCUT2D eigenvalue weighted by Crippen LogP contribution is -2.45. The third-order valence-corrected chi connectivity index (χ3v) is 5.16. The van der Waals surface area contributed by atoms with Crippen molar-refractivity contribution in [3.05, 3.63) is 71.5 Å². The SMILES string of the molecule is NC(CC(=O)NCC1(c2ccc(F)cc2)CCOCC1)c1ccccc1. The molecule has 1 fully saturated rings. The molecule has 1 heterocycles. The van der Waals surface area contributed by atoms with E-state index in [9.17, 15) is 9.18 Å². The standard InChI is InChI=1S/C21H25FN2O2/c22-18-8-6-17(7-9-18)21(10-12-26-13-11-21)15-24-20(25)14-19(23)16-4-2-1-3-5-16/h1-9,19H,10-15,23H2,(H,24,25). The largest absolute Gasteiger partial charge is 0.381 e. The normalized spacial score (nSPS) is 17.5. The van der Waals surface area contributed by atoms with Crippen molar-refractivity contribution in [2.24, 2.45) is 5.73 Å². The Hall–Kier alpha value is -2.24. The number of ether oxygens (including phenoxy) is 1. The molecule has 1 saturated heterocycles. The summed E-state index contributed by atoms with van der Waals surface area (Å²) in [4.78, 5) is 12.4. The van der Waals surface area contributed by atoms with Gasteiger partial charge in [0.2, 0.25) is 5.91 Å². The summed E-state index contributed by atoms with van der Waals surface area (Å²) in [6, 6.07) is 15.8. The molecular formula is C21H25FN2O2. The van der Waals surface area contributed by atoms with Crippen LogP contribution in [0.25, 0.3) is 0 Å². The van der Waals surface area contributed by atoms with E-state index in [2.05, 4.69) is 5.32 Å². The zero-order valence-corrected chi connectivity index (χ0v) is 14.8. The van der Waals surface area contributed by atoms with Gasteiger partial charge in [0, 0.05) is 37.6 Å². The molecular weight excluding hydrogens is 331 g/mol. The van der Waals surface area contributed by atoms with Gasteiger partial charge in [-0.1, -0.05) is 42.5 Å². The van der Waals surface area contributed by atoms with Crippen LogP contribution in [0.1, 0.15) is 36.4 Å². The molecule has 1 aliphatic rings. The van der Waals surface area contributed by atoms with Gasteiger partial charge >= 0.3 is 0 Å². The van der Waals surface area contributed by atoms with Crippen LogP contribution in [0.3, 0.4) is 0 Å². The predicted molar refractivity (Wildman–Crippen MR) is 99.1 cm³/mol. The first-order chi connectivity index (χ1) is 12.6. The Morgan fingerprint density at radius 2 is 1.77 bits per heavy atom. The second kappa shape index (κ2) is 8.43. The lowest BCUT2D eigenvalue weighted by atomic mass is 9.74. The first-order valence-corrected chi connectivity index (χ1v) is 9.00. The minimum atomic E-state index is -0.326. The van der Waals surface area contributed by atoms with Crippen molar-refractivity contribution in [1.82, 2.24) is 5.32 Å². The molecule has 0 spiro atoms. The summed E-state index contributed by atoms with van der Waals surface area (Å²) < 4.78 is 18.8. The highest BCUT2D eigenvalue weighted by Gasteiger charge is 2.35. The molecule has 2 aromatic rings. The average Bonchev–Trinajstić information content (AvgIpc) is 2.68. The fraction of sp³-hybridized carbons (Fsp3) is 0.381. The Bertz CT molecular complexity index is 713. The molecule has 1 aliphatic heterocycles. The van der Waals surface area contributed by atoms with Gasteiger partial charge in [-0.15, -0.1) is 0 Å². The van der Waals surface area contributed by atoms with Crippen LogP contribution in [0.4, 0.5) is 4.39 Å². The first-order valence-electron chi connectivity index (χ1n) is 9.00. The minimum Gasteiger partial charge on any atom is -0.381 e. The molecule has 4 nitrogen and oxygen atoms in total. The molecule has 0 aromatic heterocycles. The van der Waals surface area contributed by atoms with Gasteiger partial charge in [0.15, 0.2) is 0 Å². The molecule has 0 saturated carbocycles. The average molecular weight is 356 g/mol. The van der Waals surface area contributed by atoms with E-state index in [1.54, 1.807) is 0 Å². The number of amides is 1. The summed E-state index contributed by atoms with van der Waals surface area (Å²) in [5.74, 6) is -0.330. The van der Waals surface area contributed by atoms with Crippen molar-refractivity contribution in [2.75, 3.05) is 19.8 Å². The minimum absolute atomic E-state index is 0.0747. The summed E-state index contributed by atoms with van der Waals surface area (Å²) >= 11 is 0. The molecule has 26 heavy (non-hydrogen) atoms. The summed E-state index contributed by atoms with van der Waals surface area (Å²) in [5, 5.41) is 3.04. The molecule has 1 atom stereocenters. The van der Waals surface area contributed by atoms with Crippen LogP contribution in [0.2, 0.25) is 0 Å². The third kappa shape index (κ3) is 4.48. The monoisotopic (exact) mass is 356 g/mol. The smallest absolute Gasteiger partial charge is 0.221 e.